The first-order chi connectivity index (χ1) is 13.8. The summed E-state index contributed by atoms with van der Waals surface area (Å²) in [5.41, 5.74) is 3.07. The molecule has 0 unspecified atom stereocenters. The first-order valence-electron chi connectivity index (χ1n) is 9.36. The molecule has 0 amide bonds. The summed E-state index contributed by atoms with van der Waals surface area (Å²) in [4.78, 5) is 28.3. The number of halogens is 1. The Kier molecular flexibility index (Phi) is 4.74. The lowest BCUT2D eigenvalue weighted by Crippen LogP contribution is -2.39. The van der Waals surface area contributed by atoms with Crippen LogP contribution in [0.15, 0.2) is 52.1 Å². The van der Waals surface area contributed by atoms with E-state index in [-0.39, 0.29) is 17.9 Å². The zero-order valence-electron chi connectivity index (χ0n) is 16.7. The van der Waals surface area contributed by atoms with Crippen LogP contribution in [0, 0.1) is 33.5 Å². The summed E-state index contributed by atoms with van der Waals surface area (Å²) in [5.74, 6) is -0.374. The van der Waals surface area contributed by atoms with Gasteiger partial charge in [0.05, 0.1) is 17.6 Å². The number of benzene rings is 2. The normalized spacial score (nSPS) is 11.3. The van der Waals surface area contributed by atoms with Crippen LogP contribution < -0.4 is 11.2 Å². The lowest BCUT2D eigenvalue weighted by Gasteiger charge is -2.14. The minimum Gasteiger partial charge on any atom is -0.279 e. The van der Waals surface area contributed by atoms with E-state index in [1.807, 2.05) is 39.8 Å². The van der Waals surface area contributed by atoms with E-state index in [0.717, 1.165) is 21.6 Å². The Morgan fingerprint density at radius 1 is 0.966 bits per heavy atom. The zero-order chi connectivity index (χ0) is 20.9. The molecule has 0 saturated carbocycles. The molecule has 0 bridgehead atoms. The molecular weight excluding hydrogens is 387 g/mol. The van der Waals surface area contributed by atoms with Crippen molar-refractivity contribution < 1.29 is 4.39 Å². The molecule has 0 fully saturated rings. The minimum absolute atomic E-state index is 0.0620. The van der Waals surface area contributed by atoms with E-state index in [1.54, 1.807) is 24.3 Å². The maximum atomic E-state index is 14.3. The van der Waals surface area contributed by atoms with Crippen molar-refractivity contribution in [3.63, 3.8) is 0 Å². The quantitative estimate of drug-likeness (QED) is 0.496. The number of hydrogen-bond acceptors (Lipinski definition) is 3. The molecule has 2 aromatic carbocycles. The smallest absolute Gasteiger partial charge is 0.279 e. The van der Waals surface area contributed by atoms with Gasteiger partial charge >= 0.3 is 5.69 Å². The monoisotopic (exact) mass is 408 g/mol. The number of rotatable bonds is 3. The highest BCUT2D eigenvalue weighted by Crippen LogP contribution is 2.28. The van der Waals surface area contributed by atoms with E-state index in [0.29, 0.717) is 21.5 Å². The van der Waals surface area contributed by atoms with Crippen LogP contribution in [0.25, 0.3) is 15.9 Å². The highest BCUT2D eigenvalue weighted by atomic mass is 32.1. The summed E-state index contributed by atoms with van der Waals surface area (Å²) < 4.78 is 17.0. The van der Waals surface area contributed by atoms with Crippen molar-refractivity contribution in [2.45, 2.75) is 34.2 Å². The van der Waals surface area contributed by atoms with Gasteiger partial charge in [0.25, 0.3) is 5.56 Å². The molecule has 0 aliphatic heterocycles. The van der Waals surface area contributed by atoms with Crippen LogP contribution >= 0.6 is 11.3 Å². The van der Waals surface area contributed by atoms with Crippen molar-refractivity contribution in [2.24, 2.45) is 0 Å². The summed E-state index contributed by atoms with van der Waals surface area (Å²) >= 11 is 1.40. The van der Waals surface area contributed by atoms with Crippen LogP contribution in [0.1, 0.15) is 27.1 Å². The van der Waals surface area contributed by atoms with E-state index in [4.69, 9.17) is 0 Å². The van der Waals surface area contributed by atoms with Crippen LogP contribution in [-0.4, -0.2) is 9.13 Å². The number of thiophene rings is 1. The molecule has 0 N–H and O–H groups in total. The lowest BCUT2D eigenvalue weighted by molar-refractivity contribution is 0.595. The van der Waals surface area contributed by atoms with E-state index >= 15 is 0 Å². The van der Waals surface area contributed by atoms with Crippen LogP contribution in [0.2, 0.25) is 0 Å². The van der Waals surface area contributed by atoms with Gasteiger partial charge in [0.1, 0.15) is 10.6 Å². The van der Waals surface area contributed by atoms with Crippen LogP contribution in [0.5, 0.6) is 0 Å². The molecule has 0 spiro atoms. The van der Waals surface area contributed by atoms with Gasteiger partial charge in [-0.15, -0.1) is 11.3 Å². The molecule has 4 nitrogen and oxygen atoms in total. The lowest BCUT2D eigenvalue weighted by atomic mass is 10.1. The minimum atomic E-state index is -0.463. The summed E-state index contributed by atoms with van der Waals surface area (Å²) in [5, 5.41) is 0.515. The summed E-state index contributed by atoms with van der Waals surface area (Å²) in [7, 11) is 0. The van der Waals surface area contributed by atoms with Crippen molar-refractivity contribution in [3.8, 4) is 5.69 Å². The van der Waals surface area contributed by atoms with E-state index in [9.17, 15) is 14.0 Å². The predicted molar refractivity (Wildman–Crippen MR) is 116 cm³/mol. The summed E-state index contributed by atoms with van der Waals surface area (Å²) in [6.07, 6.45) is 0. The Labute approximate surface area is 171 Å². The van der Waals surface area contributed by atoms with Gasteiger partial charge in [0, 0.05) is 10.4 Å². The molecule has 29 heavy (non-hydrogen) atoms. The van der Waals surface area contributed by atoms with Crippen molar-refractivity contribution >= 4 is 21.6 Å². The third kappa shape index (κ3) is 3.13. The van der Waals surface area contributed by atoms with Gasteiger partial charge in [-0.1, -0.05) is 24.3 Å². The largest absolute Gasteiger partial charge is 0.337 e. The van der Waals surface area contributed by atoms with Gasteiger partial charge < -0.3 is 0 Å². The van der Waals surface area contributed by atoms with Gasteiger partial charge in [-0.25, -0.2) is 13.8 Å². The third-order valence-corrected chi connectivity index (χ3v) is 6.72. The summed E-state index contributed by atoms with van der Waals surface area (Å²) in [6.45, 7) is 7.80. The van der Waals surface area contributed by atoms with Crippen LogP contribution in [0.4, 0.5) is 4.39 Å². The Balaban J connectivity index is 2.08. The molecule has 4 aromatic rings. The van der Waals surface area contributed by atoms with Gasteiger partial charge in [0.15, 0.2) is 0 Å². The summed E-state index contributed by atoms with van der Waals surface area (Å²) in [6, 6.07) is 11.9. The standard InChI is InChI=1S/C23H21FN2O2S/c1-13-9-10-18(11-14(13)2)26-21(27)20-15(3)16(4)29-22(20)25(23(26)28)12-17-7-5-6-8-19(17)24/h5-11H,12H2,1-4H3. The average Bonchev–Trinajstić information content (AvgIpc) is 2.98. The first-order valence-corrected chi connectivity index (χ1v) is 10.2. The fraction of sp³-hybridized carbons (Fsp3) is 0.217. The zero-order valence-corrected chi connectivity index (χ0v) is 17.6. The highest BCUT2D eigenvalue weighted by molar-refractivity contribution is 7.18. The number of aromatic nitrogens is 2. The molecular formula is C23H21FN2O2S. The number of nitrogens with zero attached hydrogens (tertiary/aromatic N) is 2. The van der Waals surface area contributed by atoms with Crippen LogP contribution in [-0.2, 0) is 6.54 Å². The van der Waals surface area contributed by atoms with Gasteiger partial charge in [0.2, 0.25) is 0 Å². The number of aryl methyl sites for hydroxylation is 4. The molecule has 0 atom stereocenters. The molecule has 148 valence electrons. The average molecular weight is 408 g/mol. The molecule has 0 saturated heterocycles. The number of hydrogen-bond donors (Lipinski definition) is 0. The second-order valence-electron chi connectivity index (χ2n) is 7.33. The molecule has 6 heteroatoms. The molecule has 2 heterocycles. The Hall–Kier alpha value is -2.99. The highest BCUT2D eigenvalue weighted by Gasteiger charge is 2.20. The fourth-order valence-corrected chi connectivity index (χ4v) is 4.63. The van der Waals surface area contributed by atoms with Crippen molar-refractivity contribution in [1.29, 1.82) is 0 Å². The van der Waals surface area contributed by atoms with Gasteiger partial charge in [-0.2, -0.15) is 0 Å². The molecule has 4 rings (SSSR count). The Morgan fingerprint density at radius 2 is 1.69 bits per heavy atom. The maximum absolute atomic E-state index is 14.3. The molecule has 0 aliphatic carbocycles. The predicted octanol–water partition coefficient (Wildman–Crippen LogP) is 4.63. The molecule has 2 aromatic heterocycles. The van der Waals surface area contributed by atoms with E-state index < -0.39 is 5.69 Å². The van der Waals surface area contributed by atoms with E-state index in [1.165, 1.54) is 26.5 Å². The van der Waals surface area contributed by atoms with Crippen LogP contribution in [0.3, 0.4) is 0 Å². The van der Waals surface area contributed by atoms with Gasteiger partial charge in [-0.3, -0.25) is 9.36 Å². The number of fused-ring (bicyclic) bond motifs is 1. The SMILES string of the molecule is Cc1ccc(-n2c(=O)c3c(C)c(C)sc3n(Cc3ccccc3F)c2=O)cc1C. The van der Waals surface area contributed by atoms with Gasteiger partial charge in [-0.05, 0) is 62.6 Å². The Bertz CT molecular complexity index is 1380. The topological polar surface area (TPSA) is 44.0 Å². The van der Waals surface area contributed by atoms with E-state index in [2.05, 4.69) is 0 Å². The second kappa shape index (κ2) is 7.12. The Morgan fingerprint density at radius 3 is 2.38 bits per heavy atom. The fourth-order valence-electron chi connectivity index (χ4n) is 3.49. The molecule has 0 radical (unpaired) electrons. The first kappa shape index (κ1) is 19.3. The maximum Gasteiger partial charge on any atom is 0.337 e. The second-order valence-corrected chi connectivity index (χ2v) is 8.54. The van der Waals surface area contributed by atoms with Crippen molar-refractivity contribution in [3.05, 3.63) is 96.3 Å². The van der Waals surface area contributed by atoms with Crippen molar-refractivity contribution in [2.75, 3.05) is 0 Å². The molecule has 0 aliphatic rings. The van der Waals surface area contributed by atoms with Crippen molar-refractivity contribution in [1.82, 2.24) is 9.13 Å². The third-order valence-electron chi connectivity index (χ3n) is 5.49.